The van der Waals surface area contributed by atoms with Crippen molar-refractivity contribution in [2.75, 3.05) is 17.2 Å². The van der Waals surface area contributed by atoms with Crippen LogP contribution in [0.4, 0.5) is 10.8 Å². The highest BCUT2D eigenvalue weighted by molar-refractivity contribution is 8.00. The lowest BCUT2D eigenvalue weighted by Crippen LogP contribution is -2.24. The number of carbonyl (C=O) groups is 3. The highest BCUT2D eigenvalue weighted by Crippen LogP contribution is 2.31. The number of amides is 2. The molecule has 2 amide bonds. The highest BCUT2D eigenvalue weighted by Gasteiger charge is 2.20. The summed E-state index contributed by atoms with van der Waals surface area (Å²) < 4.78 is 5.48. The smallest absolute Gasteiger partial charge is 0.336 e. The Bertz CT molecular complexity index is 1470. The second-order valence-electron chi connectivity index (χ2n) is 8.33. The van der Waals surface area contributed by atoms with Gasteiger partial charge in [0, 0.05) is 21.5 Å². The van der Waals surface area contributed by atoms with E-state index in [1.54, 1.807) is 30.3 Å². The van der Waals surface area contributed by atoms with Crippen LogP contribution < -0.4 is 15.4 Å². The SMILES string of the molecule is CCOc1ccc(-c2csc(NC(=O)C(CC)Sc3cccc(NC(=O)c4ccccc4C(=O)O)c3)n2)cc1. The minimum atomic E-state index is -1.17. The van der Waals surface area contributed by atoms with Gasteiger partial charge in [-0.15, -0.1) is 23.1 Å². The molecule has 4 rings (SSSR count). The largest absolute Gasteiger partial charge is 0.494 e. The topological polar surface area (TPSA) is 118 Å². The molecule has 0 aliphatic heterocycles. The first kappa shape index (κ1) is 27.9. The van der Waals surface area contributed by atoms with Gasteiger partial charge in [0.15, 0.2) is 5.13 Å². The average Bonchev–Trinajstić information content (AvgIpc) is 3.40. The fourth-order valence-corrected chi connectivity index (χ4v) is 5.47. The molecule has 0 aliphatic rings. The Morgan fingerprint density at radius 1 is 0.974 bits per heavy atom. The van der Waals surface area contributed by atoms with E-state index in [0.717, 1.165) is 21.9 Å². The summed E-state index contributed by atoms with van der Waals surface area (Å²) in [5.74, 6) is -1.07. The molecule has 1 aromatic heterocycles. The summed E-state index contributed by atoms with van der Waals surface area (Å²) in [7, 11) is 0. The summed E-state index contributed by atoms with van der Waals surface area (Å²) in [5.41, 5.74) is 2.20. The second-order valence-corrected chi connectivity index (χ2v) is 10.5. The van der Waals surface area contributed by atoms with Crippen LogP contribution in [0.15, 0.2) is 83.1 Å². The molecule has 0 saturated carbocycles. The number of aromatic carboxylic acids is 1. The number of rotatable bonds is 11. The van der Waals surface area contributed by atoms with Crippen LogP contribution in [0.3, 0.4) is 0 Å². The lowest BCUT2D eigenvalue weighted by Gasteiger charge is -2.14. The average molecular weight is 562 g/mol. The van der Waals surface area contributed by atoms with E-state index in [4.69, 9.17) is 4.74 Å². The van der Waals surface area contributed by atoms with Crippen molar-refractivity contribution in [3.63, 3.8) is 0 Å². The van der Waals surface area contributed by atoms with Crippen molar-refractivity contribution in [2.24, 2.45) is 0 Å². The molecule has 3 N–H and O–H groups in total. The van der Waals surface area contributed by atoms with Crippen LogP contribution in [0.2, 0.25) is 0 Å². The first-order chi connectivity index (χ1) is 18.9. The van der Waals surface area contributed by atoms with Gasteiger partial charge in [-0.2, -0.15) is 0 Å². The molecule has 1 atom stereocenters. The Morgan fingerprint density at radius 2 is 1.72 bits per heavy atom. The molecule has 0 fully saturated rings. The Labute approximate surface area is 234 Å². The second kappa shape index (κ2) is 13.1. The minimum Gasteiger partial charge on any atom is -0.494 e. The summed E-state index contributed by atoms with van der Waals surface area (Å²) in [6, 6.07) is 20.8. The third kappa shape index (κ3) is 7.24. The van der Waals surface area contributed by atoms with E-state index in [0.29, 0.717) is 23.8 Å². The summed E-state index contributed by atoms with van der Waals surface area (Å²) in [4.78, 5) is 42.6. The zero-order valence-electron chi connectivity index (χ0n) is 21.3. The number of hydrogen-bond donors (Lipinski definition) is 3. The Kier molecular flexibility index (Phi) is 9.35. The maximum atomic E-state index is 13.1. The number of benzene rings is 3. The molecule has 10 heteroatoms. The molecular formula is C29H27N3O5S2. The molecule has 0 saturated heterocycles. The lowest BCUT2D eigenvalue weighted by molar-refractivity contribution is -0.115. The van der Waals surface area contributed by atoms with Crippen molar-refractivity contribution in [1.82, 2.24) is 4.98 Å². The number of carbonyl (C=O) groups excluding carboxylic acids is 2. The normalized spacial score (nSPS) is 11.4. The Hall–Kier alpha value is -4.15. The number of carboxylic acid groups (broad SMARTS) is 1. The highest BCUT2D eigenvalue weighted by atomic mass is 32.2. The van der Waals surface area contributed by atoms with Gasteiger partial charge in [0.05, 0.1) is 28.7 Å². The monoisotopic (exact) mass is 561 g/mol. The first-order valence-electron chi connectivity index (χ1n) is 12.3. The van der Waals surface area contributed by atoms with E-state index in [9.17, 15) is 19.5 Å². The van der Waals surface area contributed by atoms with Gasteiger partial charge in [-0.25, -0.2) is 9.78 Å². The Balaban J connectivity index is 1.40. The maximum Gasteiger partial charge on any atom is 0.336 e. The molecule has 0 aliphatic carbocycles. The molecular weight excluding hydrogens is 534 g/mol. The molecule has 3 aromatic carbocycles. The van der Waals surface area contributed by atoms with Crippen molar-refractivity contribution < 1.29 is 24.2 Å². The number of ether oxygens (including phenoxy) is 1. The van der Waals surface area contributed by atoms with Crippen molar-refractivity contribution in [1.29, 1.82) is 0 Å². The van der Waals surface area contributed by atoms with Gasteiger partial charge in [0.25, 0.3) is 5.91 Å². The molecule has 1 unspecified atom stereocenters. The first-order valence-corrected chi connectivity index (χ1v) is 14.0. The molecule has 200 valence electrons. The van der Waals surface area contributed by atoms with E-state index in [2.05, 4.69) is 15.6 Å². The zero-order valence-corrected chi connectivity index (χ0v) is 23.0. The summed E-state index contributed by atoms with van der Waals surface area (Å²) in [6.45, 7) is 4.46. The number of aromatic nitrogens is 1. The molecule has 0 spiro atoms. The van der Waals surface area contributed by atoms with Crippen molar-refractivity contribution in [2.45, 2.75) is 30.4 Å². The number of thiazole rings is 1. The minimum absolute atomic E-state index is 0.0712. The fourth-order valence-electron chi connectivity index (χ4n) is 3.74. The Morgan fingerprint density at radius 3 is 2.41 bits per heavy atom. The maximum absolute atomic E-state index is 13.1. The van der Waals surface area contributed by atoms with E-state index in [1.807, 2.05) is 49.6 Å². The molecule has 0 bridgehead atoms. The number of nitrogens with one attached hydrogen (secondary N) is 2. The van der Waals surface area contributed by atoms with Crippen molar-refractivity contribution in [3.8, 4) is 17.0 Å². The van der Waals surface area contributed by atoms with Gasteiger partial charge < -0.3 is 20.5 Å². The standard InChI is InChI=1S/C29H27N3O5S2/c1-3-25(27(34)32-29-31-24(17-38-29)18-12-14-20(15-13-18)37-4-2)39-21-9-7-8-19(16-21)30-26(33)22-10-5-6-11-23(22)28(35)36/h5-17,25H,3-4H2,1-2H3,(H,30,33)(H,35,36)(H,31,32,34). The fraction of sp³-hybridized carbons (Fsp3) is 0.172. The number of nitrogens with zero attached hydrogens (tertiary/aromatic N) is 1. The zero-order chi connectivity index (χ0) is 27.8. The quantitative estimate of drug-likeness (QED) is 0.175. The molecule has 8 nitrogen and oxygen atoms in total. The number of thioether (sulfide) groups is 1. The van der Waals surface area contributed by atoms with Crippen LogP contribution in [0.1, 0.15) is 41.0 Å². The molecule has 4 aromatic rings. The van der Waals surface area contributed by atoms with Crippen molar-refractivity contribution >= 4 is 51.7 Å². The summed E-state index contributed by atoms with van der Waals surface area (Å²) in [6.07, 6.45) is 0.580. The predicted octanol–water partition coefficient (Wildman–Crippen LogP) is 6.67. The third-order valence-corrected chi connectivity index (χ3v) is 7.75. The summed E-state index contributed by atoms with van der Waals surface area (Å²) >= 11 is 2.73. The van der Waals surface area contributed by atoms with Crippen LogP contribution in [0.25, 0.3) is 11.3 Å². The van der Waals surface area contributed by atoms with Gasteiger partial charge in [-0.1, -0.05) is 25.1 Å². The molecule has 1 heterocycles. The van der Waals surface area contributed by atoms with Crippen LogP contribution in [-0.4, -0.2) is 39.7 Å². The van der Waals surface area contributed by atoms with E-state index < -0.39 is 11.9 Å². The van der Waals surface area contributed by atoms with Gasteiger partial charge >= 0.3 is 5.97 Å². The lowest BCUT2D eigenvalue weighted by atomic mass is 10.1. The van der Waals surface area contributed by atoms with Crippen LogP contribution >= 0.6 is 23.1 Å². The van der Waals surface area contributed by atoms with E-state index >= 15 is 0 Å². The van der Waals surface area contributed by atoms with Gasteiger partial charge in [-0.05, 0) is 67.9 Å². The van der Waals surface area contributed by atoms with Crippen LogP contribution in [-0.2, 0) is 4.79 Å². The number of hydrogen-bond acceptors (Lipinski definition) is 7. The van der Waals surface area contributed by atoms with Gasteiger partial charge in [0.2, 0.25) is 5.91 Å². The summed E-state index contributed by atoms with van der Waals surface area (Å²) in [5, 5.41) is 17.1. The van der Waals surface area contributed by atoms with Crippen LogP contribution in [0, 0.1) is 0 Å². The molecule has 0 radical (unpaired) electrons. The van der Waals surface area contributed by atoms with Gasteiger partial charge in [0.1, 0.15) is 5.75 Å². The predicted molar refractivity (Wildman–Crippen MR) is 155 cm³/mol. The number of anilines is 2. The van der Waals surface area contributed by atoms with Crippen molar-refractivity contribution in [3.05, 3.63) is 89.3 Å². The third-order valence-electron chi connectivity index (χ3n) is 5.63. The van der Waals surface area contributed by atoms with E-state index in [-0.39, 0.29) is 22.3 Å². The molecule has 39 heavy (non-hydrogen) atoms. The van der Waals surface area contributed by atoms with E-state index in [1.165, 1.54) is 35.2 Å². The van der Waals surface area contributed by atoms with Gasteiger partial charge in [-0.3, -0.25) is 9.59 Å². The van der Waals surface area contributed by atoms with Crippen LogP contribution in [0.5, 0.6) is 5.75 Å². The number of carboxylic acids is 1.